The molecule has 0 atom stereocenters. The highest BCUT2D eigenvalue weighted by atomic mass is 19.4. The Morgan fingerprint density at radius 2 is 1.25 bits per heavy atom. The predicted octanol–water partition coefficient (Wildman–Crippen LogP) is 4.24. The van der Waals surface area contributed by atoms with Gasteiger partial charge in [-0.05, 0) is 17.7 Å². The largest absolute Gasteiger partial charge is 0.417 e. The Balaban J connectivity index is 3.76. The summed E-state index contributed by atoms with van der Waals surface area (Å²) in [6, 6.07) is -0.778. The molecule has 10 heteroatoms. The lowest BCUT2D eigenvalue weighted by molar-refractivity contribution is -0.164. The molecule has 1 aromatic carbocycles. The quantitative estimate of drug-likeness (QED) is 0.769. The first-order valence-electron chi connectivity index (χ1n) is 4.78. The molecule has 0 fully saturated rings. The van der Waals surface area contributed by atoms with Gasteiger partial charge >= 0.3 is 18.5 Å². The van der Waals surface area contributed by atoms with Crippen LogP contribution in [0.4, 0.5) is 39.5 Å². The van der Waals surface area contributed by atoms with Crippen LogP contribution in [-0.2, 0) is 25.1 Å². The molecule has 0 aliphatic heterocycles. The summed E-state index contributed by atoms with van der Waals surface area (Å²) >= 11 is 0. The van der Waals surface area contributed by atoms with Crippen molar-refractivity contribution in [1.82, 2.24) is 0 Å². The van der Waals surface area contributed by atoms with Crippen molar-refractivity contribution in [3.63, 3.8) is 0 Å². The second kappa shape index (κ2) is 4.83. The number of hydrogen-bond acceptors (Lipinski definition) is 1. The van der Waals surface area contributed by atoms with Crippen LogP contribution in [0.3, 0.4) is 0 Å². The number of aliphatic hydroxyl groups excluding tert-OH is 1. The summed E-state index contributed by atoms with van der Waals surface area (Å²) in [5, 5.41) is 8.63. The van der Waals surface area contributed by atoms with E-state index in [2.05, 4.69) is 0 Å². The Bertz CT molecular complexity index is 495. The molecule has 114 valence electrons. The summed E-state index contributed by atoms with van der Waals surface area (Å²) in [7, 11) is 0. The average molecular weight is 312 g/mol. The maximum absolute atomic E-state index is 12.6. The van der Waals surface area contributed by atoms with E-state index in [0.29, 0.717) is 0 Å². The van der Waals surface area contributed by atoms with Crippen LogP contribution in [0.2, 0.25) is 0 Å². The van der Waals surface area contributed by atoms with Crippen LogP contribution < -0.4 is 0 Å². The summed E-state index contributed by atoms with van der Waals surface area (Å²) in [5.41, 5.74) is -8.20. The second-order valence-electron chi connectivity index (χ2n) is 3.71. The Hall–Kier alpha value is -1.45. The molecule has 0 radical (unpaired) electrons. The Labute approximate surface area is 105 Å². The minimum absolute atomic E-state index is 0.155. The molecule has 0 saturated carbocycles. The molecule has 0 aliphatic rings. The molecule has 0 amide bonds. The van der Waals surface area contributed by atoms with Gasteiger partial charge in [0.05, 0.1) is 23.3 Å². The molecular weight excluding hydrogens is 307 g/mol. The van der Waals surface area contributed by atoms with Crippen molar-refractivity contribution in [2.75, 3.05) is 0 Å². The number of halogens is 9. The highest BCUT2D eigenvalue weighted by Crippen LogP contribution is 2.44. The SMILES string of the molecule is OCc1cc(C(F)(F)F)cc(C(F)(F)F)c1C(F)(F)F. The van der Waals surface area contributed by atoms with E-state index in [1.54, 1.807) is 0 Å². The zero-order valence-electron chi connectivity index (χ0n) is 9.21. The molecule has 0 heterocycles. The number of rotatable bonds is 1. The first-order chi connectivity index (χ1) is 8.78. The molecular formula is C10H5F9O. The standard InChI is InChI=1S/C10H5F9O/c11-8(12,13)5-1-4(3-20)7(10(17,18)19)6(2-5)9(14,15)16/h1-2,20H,3H2. The molecule has 0 aliphatic carbocycles. The van der Waals surface area contributed by atoms with Gasteiger partial charge in [-0.15, -0.1) is 0 Å². The van der Waals surface area contributed by atoms with Crippen molar-refractivity contribution in [2.45, 2.75) is 25.1 Å². The van der Waals surface area contributed by atoms with E-state index in [9.17, 15) is 39.5 Å². The fourth-order valence-corrected chi connectivity index (χ4v) is 1.55. The van der Waals surface area contributed by atoms with Crippen LogP contribution in [-0.4, -0.2) is 5.11 Å². The van der Waals surface area contributed by atoms with Crippen LogP contribution in [0.1, 0.15) is 22.3 Å². The van der Waals surface area contributed by atoms with E-state index in [0.717, 1.165) is 0 Å². The van der Waals surface area contributed by atoms with Crippen molar-refractivity contribution in [1.29, 1.82) is 0 Å². The van der Waals surface area contributed by atoms with E-state index in [1.807, 2.05) is 0 Å². The maximum Gasteiger partial charge on any atom is 0.417 e. The van der Waals surface area contributed by atoms with Crippen molar-refractivity contribution in [3.8, 4) is 0 Å². The molecule has 0 aromatic heterocycles. The monoisotopic (exact) mass is 312 g/mol. The van der Waals surface area contributed by atoms with Crippen LogP contribution in [0.25, 0.3) is 0 Å². The molecule has 20 heavy (non-hydrogen) atoms. The van der Waals surface area contributed by atoms with Gasteiger partial charge < -0.3 is 5.11 Å². The van der Waals surface area contributed by atoms with E-state index in [1.165, 1.54) is 0 Å². The van der Waals surface area contributed by atoms with E-state index in [4.69, 9.17) is 5.11 Å². The van der Waals surface area contributed by atoms with Gasteiger partial charge in [0, 0.05) is 0 Å². The first kappa shape index (κ1) is 16.6. The number of benzene rings is 1. The molecule has 0 spiro atoms. The topological polar surface area (TPSA) is 20.2 Å². The lowest BCUT2D eigenvalue weighted by Crippen LogP contribution is -2.21. The van der Waals surface area contributed by atoms with Crippen LogP contribution >= 0.6 is 0 Å². The molecule has 1 nitrogen and oxygen atoms in total. The molecule has 1 N–H and O–H groups in total. The highest BCUT2D eigenvalue weighted by Gasteiger charge is 2.46. The van der Waals surface area contributed by atoms with E-state index < -0.39 is 53.5 Å². The summed E-state index contributed by atoms with van der Waals surface area (Å²) < 4.78 is 112. The first-order valence-corrected chi connectivity index (χ1v) is 4.78. The van der Waals surface area contributed by atoms with Crippen LogP contribution in [0, 0.1) is 0 Å². The summed E-state index contributed by atoms with van der Waals surface area (Å²) in [4.78, 5) is 0. The Kier molecular flexibility index (Phi) is 4.01. The Morgan fingerprint density at radius 3 is 1.55 bits per heavy atom. The van der Waals surface area contributed by atoms with Gasteiger partial charge in [0.15, 0.2) is 0 Å². The second-order valence-corrected chi connectivity index (χ2v) is 3.71. The van der Waals surface area contributed by atoms with Crippen molar-refractivity contribution < 1.29 is 44.6 Å². The normalized spacial score (nSPS) is 13.7. The van der Waals surface area contributed by atoms with Gasteiger partial charge in [-0.1, -0.05) is 0 Å². The summed E-state index contributed by atoms with van der Waals surface area (Å²) in [6.45, 7) is -1.61. The van der Waals surface area contributed by atoms with Gasteiger partial charge in [-0.2, -0.15) is 39.5 Å². The van der Waals surface area contributed by atoms with Gasteiger partial charge in [0.25, 0.3) is 0 Å². The predicted molar refractivity (Wildman–Crippen MR) is 47.4 cm³/mol. The van der Waals surface area contributed by atoms with Crippen LogP contribution in [0.5, 0.6) is 0 Å². The summed E-state index contributed by atoms with van der Waals surface area (Å²) in [5.74, 6) is 0. The van der Waals surface area contributed by atoms with E-state index in [-0.39, 0.29) is 6.07 Å². The van der Waals surface area contributed by atoms with Crippen LogP contribution in [0.15, 0.2) is 12.1 Å². The van der Waals surface area contributed by atoms with Gasteiger partial charge in [-0.25, -0.2) is 0 Å². The maximum atomic E-state index is 12.6. The van der Waals surface area contributed by atoms with Crippen molar-refractivity contribution in [3.05, 3.63) is 34.4 Å². The minimum atomic E-state index is -5.64. The molecule has 1 rings (SSSR count). The minimum Gasteiger partial charge on any atom is -0.392 e. The van der Waals surface area contributed by atoms with E-state index >= 15 is 0 Å². The lowest BCUT2D eigenvalue weighted by Gasteiger charge is -2.20. The van der Waals surface area contributed by atoms with Gasteiger partial charge in [0.1, 0.15) is 0 Å². The zero-order chi connectivity index (χ0) is 15.9. The number of aliphatic hydroxyl groups is 1. The zero-order valence-corrected chi connectivity index (χ0v) is 9.21. The highest BCUT2D eigenvalue weighted by molar-refractivity contribution is 5.43. The summed E-state index contributed by atoms with van der Waals surface area (Å²) in [6.07, 6.45) is -16.5. The molecule has 0 unspecified atom stereocenters. The fraction of sp³-hybridized carbons (Fsp3) is 0.400. The third-order valence-electron chi connectivity index (χ3n) is 2.31. The van der Waals surface area contributed by atoms with Crippen molar-refractivity contribution >= 4 is 0 Å². The number of hydrogen-bond donors (Lipinski definition) is 1. The van der Waals surface area contributed by atoms with Gasteiger partial charge in [0.2, 0.25) is 0 Å². The fourth-order valence-electron chi connectivity index (χ4n) is 1.55. The lowest BCUT2D eigenvalue weighted by atomic mass is 9.96. The van der Waals surface area contributed by atoms with Crippen molar-refractivity contribution in [2.24, 2.45) is 0 Å². The molecule has 1 aromatic rings. The Morgan fingerprint density at radius 1 is 0.750 bits per heavy atom. The smallest absolute Gasteiger partial charge is 0.392 e. The number of alkyl halides is 9. The average Bonchev–Trinajstić information content (AvgIpc) is 2.23. The molecule has 0 saturated heterocycles. The third-order valence-corrected chi connectivity index (χ3v) is 2.31. The molecule has 0 bridgehead atoms. The van der Waals surface area contributed by atoms with Gasteiger partial charge in [-0.3, -0.25) is 0 Å². The third kappa shape index (κ3) is 3.35.